The van der Waals surface area contributed by atoms with E-state index < -0.39 is 0 Å². The SMILES string of the molecule is Cc1cc(Cl)ccc1NC(=S)N1CCC(O)C1(C)C. The first-order chi connectivity index (χ1) is 8.82. The maximum Gasteiger partial charge on any atom is 0.173 e. The number of aryl methyl sites for hydroxylation is 1. The third kappa shape index (κ3) is 2.86. The quantitative estimate of drug-likeness (QED) is 0.781. The number of hydrogen-bond donors (Lipinski definition) is 2. The number of thiocarbonyl (C=S) groups is 1. The summed E-state index contributed by atoms with van der Waals surface area (Å²) in [4.78, 5) is 2.04. The minimum atomic E-state index is -0.349. The highest BCUT2D eigenvalue weighted by molar-refractivity contribution is 7.80. The third-order valence-electron chi connectivity index (χ3n) is 3.81. The molecule has 1 saturated heterocycles. The van der Waals surface area contributed by atoms with Gasteiger partial charge in [-0.15, -0.1) is 0 Å². The fourth-order valence-electron chi connectivity index (χ4n) is 2.39. The first-order valence-electron chi connectivity index (χ1n) is 6.35. The van der Waals surface area contributed by atoms with Crippen molar-refractivity contribution in [3.8, 4) is 0 Å². The van der Waals surface area contributed by atoms with E-state index >= 15 is 0 Å². The maximum absolute atomic E-state index is 9.99. The number of aliphatic hydroxyl groups excluding tert-OH is 1. The molecular formula is C14H19ClN2OS. The number of aliphatic hydroxyl groups is 1. The van der Waals surface area contributed by atoms with Gasteiger partial charge >= 0.3 is 0 Å². The summed E-state index contributed by atoms with van der Waals surface area (Å²) in [6.07, 6.45) is 0.396. The molecule has 1 atom stereocenters. The Morgan fingerprint density at radius 1 is 1.53 bits per heavy atom. The van der Waals surface area contributed by atoms with E-state index in [-0.39, 0.29) is 11.6 Å². The van der Waals surface area contributed by atoms with Gasteiger partial charge in [0.05, 0.1) is 11.6 Å². The van der Waals surface area contributed by atoms with Crippen LogP contribution in [0.5, 0.6) is 0 Å². The zero-order valence-corrected chi connectivity index (χ0v) is 13.0. The molecular weight excluding hydrogens is 280 g/mol. The molecule has 0 amide bonds. The van der Waals surface area contributed by atoms with Crippen LogP contribution in [-0.2, 0) is 0 Å². The predicted octanol–water partition coefficient (Wildman–Crippen LogP) is 3.19. The fraction of sp³-hybridized carbons (Fsp3) is 0.500. The molecule has 5 heteroatoms. The summed E-state index contributed by atoms with van der Waals surface area (Å²) in [6, 6.07) is 5.66. The Hall–Kier alpha value is -0.840. The molecule has 0 aromatic heterocycles. The van der Waals surface area contributed by atoms with Crippen LogP contribution < -0.4 is 5.32 Å². The van der Waals surface area contributed by atoms with E-state index in [1.165, 1.54) is 0 Å². The van der Waals surface area contributed by atoms with Gasteiger partial charge in [0.15, 0.2) is 5.11 Å². The van der Waals surface area contributed by atoms with Crippen LogP contribution in [-0.4, -0.2) is 33.3 Å². The largest absolute Gasteiger partial charge is 0.391 e. The van der Waals surface area contributed by atoms with Crippen LogP contribution >= 0.6 is 23.8 Å². The van der Waals surface area contributed by atoms with Crippen LogP contribution in [0.4, 0.5) is 5.69 Å². The smallest absolute Gasteiger partial charge is 0.173 e. The lowest BCUT2D eigenvalue weighted by Crippen LogP contribution is -2.49. The summed E-state index contributed by atoms with van der Waals surface area (Å²) in [7, 11) is 0. The number of anilines is 1. The average molecular weight is 299 g/mol. The molecule has 19 heavy (non-hydrogen) atoms. The second-order valence-electron chi connectivity index (χ2n) is 5.50. The van der Waals surface area contributed by atoms with Crippen molar-refractivity contribution in [2.24, 2.45) is 0 Å². The van der Waals surface area contributed by atoms with E-state index in [9.17, 15) is 5.11 Å². The molecule has 3 nitrogen and oxygen atoms in total. The summed E-state index contributed by atoms with van der Waals surface area (Å²) >= 11 is 11.4. The number of rotatable bonds is 1. The van der Waals surface area contributed by atoms with Gasteiger partial charge in [0.1, 0.15) is 0 Å². The molecule has 0 radical (unpaired) electrons. The standard InChI is InChI=1S/C14H19ClN2OS/c1-9-8-10(15)4-5-11(9)16-13(19)17-7-6-12(18)14(17,2)3/h4-5,8,12,18H,6-7H2,1-3H3,(H,16,19). The van der Waals surface area contributed by atoms with Crippen molar-refractivity contribution in [2.75, 3.05) is 11.9 Å². The fourth-order valence-corrected chi connectivity index (χ4v) is 3.05. The van der Waals surface area contributed by atoms with Gasteiger partial charge in [-0.2, -0.15) is 0 Å². The second-order valence-corrected chi connectivity index (χ2v) is 6.32. The van der Waals surface area contributed by atoms with E-state index in [0.717, 1.165) is 24.2 Å². The third-order valence-corrected chi connectivity index (χ3v) is 4.37. The Morgan fingerprint density at radius 2 is 2.21 bits per heavy atom. The van der Waals surface area contributed by atoms with E-state index in [1.54, 1.807) is 0 Å². The van der Waals surface area contributed by atoms with Crippen molar-refractivity contribution in [1.29, 1.82) is 0 Å². The van der Waals surface area contributed by atoms with Crippen LogP contribution in [0.15, 0.2) is 18.2 Å². The summed E-state index contributed by atoms with van der Waals surface area (Å²) in [5.41, 5.74) is 1.67. The van der Waals surface area contributed by atoms with Gasteiger partial charge in [-0.1, -0.05) is 11.6 Å². The minimum Gasteiger partial charge on any atom is -0.391 e. The van der Waals surface area contributed by atoms with Crippen LogP contribution in [0.2, 0.25) is 5.02 Å². The molecule has 1 aliphatic heterocycles. The van der Waals surface area contributed by atoms with Gasteiger partial charge < -0.3 is 15.3 Å². The number of halogens is 1. The molecule has 2 N–H and O–H groups in total. The monoisotopic (exact) mass is 298 g/mol. The normalized spacial score (nSPS) is 21.5. The van der Waals surface area contributed by atoms with Gasteiger partial charge in [-0.3, -0.25) is 0 Å². The van der Waals surface area contributed by atoms with Gasteiger partial charge in [-0.05, 0) is 63.2 Å². The van der Waals surface area contributed by atoms with Crippen molar-refractivity contribution in [2.45, 2.75) is 38.8 Å². The Bertz CT molecular complexity index is 504. The molecule has 0 bridgehead atoms. The number of nitrogens with one attached hydrogen (secondary N) is 1. The van der Waals surface area contributed by atoms with Crippen LogP contribution in [0.1, 0.15) is 25.8 Å². The molecule has 0 spiro atoms. The van der Waals surface area contributed by atoms with Gasteiger partial charge in [0.2, 0.25) is 0 Å². The number of benzene rings is 1. The first-order valence-corrected chi connectivity index (χ1v) is 7.14. The van der Waals surface area contributed by atoms with Crippen molar-refractivity contribution in [3.63, 3.8) is 0 Å². The van der Waals surface area contributed by atoms with Crippen molar-refractivity contribution < 1.29 is 5.11 Å². The minimum absolute atomic E-state index is 0.329. The molecule has 1 unspecified atom stereocenters. The summed E-state index contributed by atoms with van der Waals surface area (Å²) < 4.78 is 0. The van der Waals surface area contributed by atoms with Crippen LogP contribution in [0.3, 0.4) is 0 Å². The van der Waals surface area contributed by atoms with E-state index in [2.05, 4.69) is 5.32 Å². The van der Waals surface area contributed by atoms with Crippen molar-refractivity contribution in [3.05, 3.63) is 28.8 Å². The second kappa shape index (κ2) is 5.27. The topological polar surface area (TPSA) is 35.5 Å². The number of hydrogen-bond acceptors (Lipinski definition) is 2. The summed E-state index contributed by atoms with van der Waals surface area (Å²) in [6.45, 7) is 6.77. The zero-order chi connectivity index (χ0) is 14.2. The highest BCUT2D eigenvalue weighted by Crippen LogP contribution is 2.30. The molecule has 104 valence electrons. The van der Waals surface area contributed by atoms with Gasteiger partial charge in [0, 0.05) is 17.3 Å². The van der Waals surface area contributed by atoms with Crippen molar-refractivity contribution in [1.82, 2.24) is 4.90 Å². The van der Waals surface area contributed by atoms with Gasteiger partial charge in [-0.25, -0.2) is 0 Å². The Balaban J connectivity index is 2.14. The molecule has 1 aromatic carbocycles. The molecule has 2 rings (SSSR count). The lowest BCUT2D eigenvalue weighted by Gasteiger charge is -2.36. The van der Waals surface area contributed by atoms with Crippen molar-refractivity contribution >= 4 is 34.6 Å². The molecule has 1 heterocycles. The van der Waals surface area contributed by atoms with E-state index in [0.29, 0.717) is 10.1 Å². The maximum atomic E-state index is 9.99. The summed E-state index contributed by atoms with van der Waals surface area (Å²) in [5, 5.41) is 14.6. The average Bonchev–Trinajstić information content (AvgIpc) is 2.58. The predicted molar refractivity (Wildman–Crippen MR) is 83.8 cm³/mol. The Morgan fingerprint density at radius 3 is 2.74 bits per heavy atom. The summed E-state index contributed by atoms with van der Waals surface area (Å²) in [5.74, 6) is 0. The molecule has 1 aliphatic rings. The lowest BCUT2D eigenvalue weighted by molar-refractivity contribution is 0.0866. The highest BCUT2D eigenvalue weighted by Gasteiger charge is 2.41. The van der Waals surface area contributed by atoms with Crippen LogP contribution in [0, 0.1) is 6.92 Å². The lowest BCUT2D eigenvalue weighted by atomic mass is 9.99. The zero-order valence-electron chi connectivity index (χ0n) is 11.4. The Kier molecular flexibility index (Phi) is 4.04. The molecule has 0 aliphatic carbocycles. The van der Waals surface area contributed by atoms with Crippen LogP contribution in [0.25, 0.3) is 0 Å². The van der Waals surface area contributed by atoms with E-state index in [4.69, 9.17) is 23.8 Å². The molecule has 0 saturated carbocycles. The Labute approximate surface area is 124 Å². The molecule has 1 fully saturated rings. The first kappa shape index (κ1) is 14.6. The molecule has 1 aromatic rings. The highest BCUT2D eigenvalue weighted by atomic mass is 35.5. The number of likely N-dealkylation sites (tertiary alicyclic amines) is 1. The number of nitrogens with zero attached hydrogens (tertiary/aromatic N) is 1. The van der Waals surface area contributed by atoms with E-state index in [1.807, 2.05) is 43.9 Å². The van der Waals surface area contributed by atoms with Gasteiger partial charge in [0.25, 0.3) is 0 Å².